The second-order valence-corrected chi connectivity index (χ2v) is 8.18. The predicted molar refractivity (Wildman–Crippen MR) is 116 cm³/mol. The van der Waals surface area contributed by atoms with E-state index in [1.165, 1.54) is 20.9 Å². The van der Waals surface area contributed by atoms with E-state index in [4.69, 9.17) is 0 Å². The fraction of sp³-hybridized carbons (Fsp3) is 0.217. The summed E-state index contributed by atoms with van der Waals surface area (Å²) in [5.74, 6) is 1.59. The smallest absolute Gasteiger partial charge is 0.137 e. The van der Waals surface area contributed by atoms with Crippen molar-refractivity contribution in [3.05, 3.63) is 67.0 Å². The predicted octanol–water partition coefficient (Wildman–Crippen LogP) is 6.48. The van der Waals surface area contributed by atoms with Gasteiger partial charge in [-0.25, -0.2) is 9.97 Å². The van der Waals surface area contributed by atoms with Gasteiger partial charge in [0.25, 0.3) is 0 Å². The minimum Gasteiger partial charge on any atom is -0.369 e. The average Bonchev–Trinajstić information content (AvgIpc) is 3.18. The van der Waals surface area contributed by atoms with Gasteiger partial charge in [-0.05, 0) is 47.7 Å². The Morgan fingerprint density at radius 3 is 2.44 bits per heavy atom. The summed E-state index contributed by atoms with van der Waals surface area (Å²) in [6.07, 6.45) is 2.76. The molecule has 0 bridgehead atoms. The van der Waals surface area contributed by atoms with Crippen LogP contribution in [0.4, 0.5) is 5.82 Å². The number of aromatic nitrogens is 2. The lowest BCUT2D eigenvalue weighted by molar-refractivity contribution is 0.607. The van der Waals surface area contributed by atoms with Crippen LogP contribution in [0.2, 0.25) is 0 Å². The molecule has 0 saturated carbocycles. The fourth-order valence-corrected chi connectivity index (χ4v) is 4.09. The quantitative estimate of drug-likeness (QED) is 0.420. The summed E-state index contributed by atoms with van der Waals surface area (Å²) in [6.45, 7) is 5.39. The zero-order valence-corrected chi connectivity index (χ0v) is 16.5. The molecule has 0 aliphatic rings. The lowest BCUT2D eigenvalue weighted by atomic mass is 10.1. The summed E-state index contributed by atoms with van der Waals surface area (Å²) in [6, 6.07) is 21.3. The highest BCUT2D eigenvalue weighted by Gasteiger charge is 2.09. The van der Waals surface area contributed by atoms with Crippen LogP contribution in [0.3, 0.4) is 0 Å². The van der Waals surface area contributed by atoms with Gasteiger partial charge in [-0.1, -0.05) is 50.2 Å². The Bertz CT molecular complexity index is 1040. The van der Waals surface area contributed by atoms with Crippen LogP contribution in [-0.4, -0.2) is 16.5 Å². The number of hydrogen-bond donors (Lipinski definition) is 1. The normalized spacial score (nSPS) is 11.2. The van der Waals surface area contributed by atoms with E-state index in [0.29, 0.717) is 5.92 Å². The van der Waals surface area contributed by atoms with Gasteiger partial charge in [0, 0.05) is 21.7 Å². The van der Waals surface area contributed by atoms with Crippen LogP contribution in [-0.2, 0) is 0 Å². The minimum absolute atomic E-state index is 0.670. The Kier molecular flexibility index (Phi) is 5.16. The summed E-state index contributed by atoms with van der Waals surface area (Å²) in [5, 5.41) is 4.56. The maximum atomic E-state index is 4.47. The van der Waals surface area contributed by atoms with Crippen molar-refractivity contribution in [1.82, 2.24) is 9.97 Å². The molecule has 0 atom stereocenters. The first-order valence-electron chi connectivity index (χ1n) is 9.35. The molecular weight excluding hydrogens is 350 g/mol. The number of hydrogen-bond acceptors (Lipinski definition) is 4. The van der Waals surface area contributed by atoms with E-state index >= 15 is 0 Å². The maximum Gasteiger partial charge on any atom is 0.137 e. The van der Waals surface area contributed by atoms with Gasteiger partial charge in [0.05, 0.1) is 5.52 Å². The molecule has 2 heterocycles. The van der Waals surface area contributed by atoms with Gasteiger partial charge in [0.1, 0.15) is 12.1 Å². The fourth-order valence-electron chi connectivity index (χ4n) is 3.08. The Labute approximate surface area is 164 Å². The number of thiophene rings is 1. The van der Waals surface area contributed by atoms with Crippen molar-refractivity contribution >= 4 is 28.1 Å². The van der Waals surface area contributed by atoms with Crippen LogP contribution >= 0.6 is 11.3 Å². The zero-order valence-electron chi connectivity index (χ0n) is 15.6. The molecule has 2 aromatic heterocycles. The van der Waals surface area contributed by atoms with Crippen molar-refractivity contribution in [2.75, 3.05) is 11.9 Å². The molecule has 0 aliphatic heterocycles. The molecule has 0 amide bonds. The third-order valence-corrected chi connectivity index (χ3v) is 5.78. The number of nitrogens with one attached hydrogen (secondary N) is 1. The van der Waals surface area contributed by atoms with Crippen LogP contribution in [0.15, 0.2) is 67.0 Å². The van der Waals surface area contributed by atoms with Crippen LogP contribution in [0.25, 0.3) is 31.8 Å². The van der Waals surface area contributed by atoms with E-state index in [2.05, 4.69) is 89.8 Å². The zero-order chi connectivity index (χ0) is 18.6. The van der Waals surface area contributed by atoms with E-state index in [1.54, 1.807) is 6.33 Å². The second kappa shape index (κ2) is 7.89. The lowest BCUT2D eigenvalue weighted by Gasteiger charge is -2.10. The maximum absolute atomic E-state index is 4.47. The van der Waals surface area contributed by atoms with Gasteiger partial charge in [-0.3, -0.25) is 0 Å². The summed E-state index contributed by atoms with van der Waals surface area (Å²) in [4.78, 5) is 11.4. The summed E-state index contributed by atoms with van der Waals surface area (Å²) in [5.41, 5.74) is 3.44. The molecule has 2 aromatic carbocycles. The molecule has 27 heavy (non-hydrogen) atoms. The van der Waals surface area contributed by atoms with Gasteiger partial charge >= 0.3 is 0 Å². The molecule has 4 rings (SSSR count). The van der Waals surface area contributed by atoms with E-state index < -0.39 is 0 Å². The van der Waals surface area contributed by atoms with Crippen LogP contribution in [0.1, 0.15) is 20.3 Å². The standard InChI is InChI=1S/C23H23N3S/c1-16(2)12-13-24-23-19-14-18(8-9-20(19)25-15-26-23)22-11-10-21(27-22)17-6-4-3-5-7-17/h3-11,14-16H,12-13H2,1-2H3,(H,24,25,26). The van der Waals surface area contributed by atoms with Gasteiger partial charge in [0.2, 0.25) is 0 Å². The molecule has 1 N–H and O–H groups in total. The third kappa shape index (κ3) is 4.01. The van der Waals surface area contributed by atoms with Crippen molar-refractivity contribution in [2.24, 2.45) is 5.92 Å². The number of anilines is 1. The average molecular weight is 374 g/mol. The summed E-state index contributed by atoms with van der Waals surface area (Å²) in [7, 11) is 0. The molecule has 0 spiro atoms. The van der Waals surface area contributed by atoms with Crippen molar-refractivity contribution in [3.8, 4) is 20.9 Å². The molecule has 4 heteroatoms. The van der Waals surface area contributed by atoms with Crippen LogP contribution < -0.4 is 5.32 Å². The van der Waals surface area contributed by atoms with Gasteiger partial charge in [-0.2, -0.15) is 0 Å². The molecule has 136 valence electrons. The highest BCUT2D eigenvalue weighted by molar-refractivity contribution is 7.18. The van der Waals surface area contributed by atoms with Crippen molar-refractivity contribution in [3.63, 3.8) is 0 Å². The molecule has 0 radical (unpaired) electrons. The van der Waals surface area contributed by atoms with Gasteiger partial charge < -0.3 is 5.32 Å². The highest BCUT2D eigenvalue weighted by Crippen LogP contribution is 2.36. The monoisotopic (exact) mass is 373 g/mol. The first-order valence-corrected chi connectivity index (χ1v) is 10.2. The Balaban J connectivity index is 1.66. The molecule has 3 nitrogen and oxygen atoms in total. The van der Waals surface area contributed by atoms with E-state index in [-0.39, 0.29) is 0 Å². The molecule has 0 unspecified atom stereocenters. The van der Waals surface area contributed by atoms with E-state index in [1.807, 2.05) is 11.3 Å². The lowest BCUT2D eigenvalue weighted by Crippen LogP contribution is -2.06. The Morgan fingerprint density at radius 1 is 0.889 bits per heavy atom. The summed E-state index contributed by atoms with van der Waals surface area (Å²) >= 11 is 1.81. The van der Waals surface area contributed by atoms with Crippen molar-refractivity contribution in [1.29, 1.82) is 0 Å². The van der Waals surface area contributed by atoms with Crippen molar-refractivity contribution < 1.29 is 0 Å². The molecular formula is C23H23N3S. The topological polar surface area (TPSA) is 37.8 Å². The first-order chi connectivity index (χ1) is 13.2. The van der Waals surface area contributed by atoms with E-state index in [0.717, 1.165) is 29.7 Å². The second-order valence-electron chi connectivity index (χ2n) is 7.09. The highest BCUT2D eigenvalue weighted by atomic mass is 32.1. The molecule has 0 fully saturated rings. The molecule has 0 aliphatic carbocycles. The van der Waals surface area contributed by atoms with Crippen LogP contribution in [0.5, 0.6) is 0 Å². The minimum atomic E-state index is 0.670. The molecule has 0 saturated heterocycles. The van der Waals surface area contributed by atoms with E-state index in [9.17, 15) is 0 Å². The largest absolute Gasteiger partial charge is 0.369 e. The van der Waals surface area contributed by atoms with Gasteiger partial charge in [0.15, 0.2) is 0 Å². The number of rotatable bonds is 6. The third-order valence-electron chi connectivity index (χ3n) is 4.60. The number of fused-ring (bicyclic) bond motifs is 1. The SMILES string of the molecule is CC(C)CCNc1ncnc2ccc(-c3ccc(-c4ccccc4)s3)cc12. The summed E-state index contributed by atoms with van der Waals surface area (Å²) < 4.78 is 0. The van der Waals surface area contributed by atoms with Crippen molar-refractivity contribution in [2.45, 2.75) is 20.3 Å². The van der Waals surface area contributed by atoms with Crippen LogP contribution in [0, 0.1) is 5.92 Å². The number of benzene rings is 2. The first kappa shape index (κ1) is 17.7. The molecule has 4 aromatic rings. The Morgan fingerprint density at radius 2 is 1.67 bits per heavy atom. The number of nitrogens with zero attached hydrogens (tertiary/aromatic N) is 2. The Hall–Kier alpha value is -2.72. The van der Waals surface area contributed by atoms with Gasteiger partial charge in [-0.15, -0.1) is 11.3 Å².